The fourth-order valence-corrected chi connectivity index (χ4v) is 2.31. The second-order valence-corrected chi connectivity index (χ2v) is 5.32. The Bertz CT molecular complexity index is 398. The second kappa shape index (κ2) is 3.24. The maximum atomic E-state index is 10.9. The predicted octanol–water partition coefficient (Wildman–Crippen LogP) is 2.58. The number of rotatable bonds is 1. The molecule has 12 heavy (non-hydrogen) atoms. The van der Waals surface area contributed by atoms with E-state index in [-0.39, 0.29) is 4.90 Å². The summed E-state index contributed by atoms with van der Waals surface area (Å²) in [6.45, 7) is 1.64. The van der Waals surface area contributed by atoms with Crippen LogP contribution in [-0.4, -0.2) is 8.42 Å². The van der Waals surface area contributed by atoms with E-state index in [1.807, 2.05) is 0 Å². The van der Waals surface area contributed by atoms with Crippen LogP contribution in [0.5, 0.6) is 0 Å². The van der Waals surface area contributed by atoms with E-state index >= 15 is 0 Å². The zero-order valence-corrected chi connectivity index (χ0v) is 8.54. The summed E-state index contributed by atoms with van der Waals surface area (Å²) in [4.78, 5) is 0.105. The van der Waals surface area contributed by atoms with E-state index in [9.17, 15) is 8.42 Å². The second-order valence-electron chi connectivity index (χ2n) is 2.35. The Morgan fingerprint density at radius 1 is 1.33 bits per heavy atom. The van der Waals surface area contributed by atoms with Crippen LogP contribution in [0.15, 0.2) is 23.1 Å². The molecular weight excluding hydrogens is 219 g/mol. The Morgan fingerprint density at radius 3 is 2.33 bits per heavy atom. The fraction of sp³-hybridized carbons (Fsp3) is 0.143. The van der Waals surface area contributed by atoms with Gasteiger partial charge in [-0.15, -0.1) is 0 Å². The van der Waals surface area contributed by atoms with Crippen molar-refractivity contribution in [3.63, 3.8) is 0 Å². The summed E-state index contributed by atoms with van der Waals surface area (Å²) in [5, 5.41) is 0.497. The lowest BCUT2D eigenvalue weighted by atomic mass is 10.2. The van der Waals surface area contributed by atoms with Crippen LogP contribution in [0.2, 0.25) is 5.02 Å². The zero-order chi connectivity index (χ0) is 9.35. The number of hydrogen-bond acceptors (Lipinski definition) is 2. The molecule has 0 N–H and O–H groups in total. The average molecular weight is 225 g/mol. The van der Waals surface area contributed by atoms with Crippen molar-refractivity contribution in [3.8, 4) is 0 Å². The lowest BCUT2D eigenvalue weighted by molar-refractivity contribution is 0.609. The van der Waals surface area contributed by atoms with Crippen molar-refractivity contribution in [1.29, 1.82) is 0 Å². The molecule has 5 heteroatoms. The normalized spacial score (nSPS) is 11.6. The van der Waals surface area contributed by atoms with Gasteiger partial charge in [0.25, 0.3) is 9.05 Å². The van der Waals surface area contributed by atoms with Crippen LogP contribution < -0.4 is 0 Å². The van der Waals surface area contributed by atoms with E-state index in [2.05, 4.69) is 0 Å². The fourth-order valence-electron chi connectivity index (χ4n) is 0.886. The van der Waals surface area contributed by atoms with Gasteiger partial charge in [0.1, 0.15) is 0 Å². The molecule has 66 valence electrons. The van der Waals surface area contributed by atoms with E-state index in [4.69, 9.17) is 22.3 Å². The molecule has 0 radical (unpaired) electrons. The Morgan fingerprint density at radius 2 is 1.92 bits per heavy atom. The maximum absolute atomic E-state index is 10.9. The third kappa shape index (κ3) is 2.12. The van der Waals surface area contributed by atoms with E-state index in [1.54, 1.807) is 13.0 Å². The SMILES string of the molecule is Cc1cc(Cl)ccc1S(=O)(=O)Cl. The van der Waals surface area contributed by atoms with Crippen molar-refractivity contribution in [3.05, 3.63) is 28.8 Å². The standard InChI is InChI=1S/C7H6Cl2O2S/c1-5-4-6(8)2-3-7(5)12(9,10)11/h2-4H,1H3. The van der Waals surface area contributed by atoms with E-state index in [1.165, 1.54) is 12.1 Å². The highest BCUT2D eigenvalue weighted by Crippen LogP contribution is 2.22. The summed E-state index contributed by atoms with van der Waals surface area (Å²) < 4.78 is 21.8. The van der Waals surface area contributed by atoms with Crippen molar-refractivity contribution in [2.75, 3.05) is 0 Å². The third-order valence-corrected chi connectivity index (χ3v) is 3.12. The van der Waals surface area contributed by atoms with Crippen LogP contribution in [0.4, 0.5) is 0 Å². The van der Waals surface area contributed by atoms with Gasteiger partial charge in [-0.25, -0.2) is 8.42 Å². The molecule has 0 atom stereocenters. The lowest BCUT2D eigenvalue weighted by Gasteiger charge is -2.00. The summed E-state index contributed by atoms with van der Waals surface area (Å²) in [6.07, 6.45) is 0. The summed E-state index contributed by atoms with van der Waals surface area (Å²) >= 11 is 5.63. The minimum Gasteiger partial charge on any atom is -0.207 e. The molecule has 1 rings (SSSR count). The van der Waals surface area contributed by atoms with Gasteiger partial charge < -0.3 is 0 Å². The van der Waals surface area contributed by atoms with Gasteiger partial charge in [0, 0.05) is 15.7 Å². The molecule has 0 aromatic heterocycles. The molecule has 0 bridgehead atoms. The van der Waals surface area contributed by atoms with E-state index < -0.39 is 9.05 Å². The summed E-state index contributed by atoms with van der Waals surface area (Å²) in [5.74, 6) is 0. The topological polar surface area (TPSA) is 34.1 Å². The van der Waals surface area contributed by atoms with Gasteiger partial charge in [-0.3, -0.25) is 0 Å². The molecule has 0 unspecified atom stereocenters. The third-order valence-electron chi connectivity index (χ3n) is 1.40. The Balaban J connectivity index is 3.39. The van der Waals surface area contributed by atoms with Crippen molar-refractivity contribution >= 4 is 31.3 Å². The summed E-state index contributed by atoms with van der Waals surface area (Å²) in [7, 11) is 1.51. The van der Waals surface area contributed by atoms with Crippen LogP contribution in [0.1, 0.15) is 5.56 Å². The van der Waals surface area contributed by atoms with Crippen molar-refractivity contribution in [1.82, 2.24) is 0 Å². The number of benzene rings is 1. The van der Waals surface area contributed by atoms with E-state index in [0.29, 0.717) is 10.6 Å². The van der Waals surface area contributed by atoms with E-state index in [0.717, 1.165) is 0 Å². The molecule has 1 aromatic rings. The lowest BCUT2D eigenvalue weighted by Crippen LogP contribution is -1.93. The molecule has 0 spiro atoms. The van der Waals surface area contributed by atoms with Gasteiger partial charge in [-0.05, 0) is 30.7 Å². The van der Waals surface area contributed by atoms with Crippen molar-refractivity contribution in [2.45, 2.75) is 11.8 Å². The van der Waals surface area contributed by atoms with Crippen LogP contribution in [0.25, 0.3) is 0 Å². The average Bonchev–Trinajstić information content (AvgIpc) is 1.83. The van der Waals surface area contributed by atoms with Crippen LogP contribution in [0, 0.1) is 6.92 Å². The van der Waals surface area contributed by atoms with Gasteiger partial charge in [-0.2, -0.15) is 0 Å². The quantitative estimate of drug-likeness (QED) is 0.688. The molecule has 0 amide bonds. The molecule has 0 saturated heterocycles. The zero-order valence-electron chi connectivity index (χ0n) is 6.21. The first kappa shape index (κ1) is 9.84. The maximum Gasteiger partial charge on any atom is 0.261 e. The molecule has 2 nitrogen and oxygen atoms in total. The number of halogens is 2. The van der Waals surface area contributed by atoms with Gasteiger partial charge in [-0.1, -0.05) is 11.6 Å². The van der Waals surface area contributed by atoms with Gasteiger partial charge >= 0.3 is 0 Å². The Labute approximate surface area is 80.5 Å². The largest absolute Gasteiger partial charge is 0.261 e. The van der Waals surface area contributed by atoms with Crippen LogP contribution in [0.3, 0.4) is 0 Å². The first-order chi connectivity index (χ1) is 5.41. The molecule has 0 aliphatic rings. The summed E-state index contributed by atoms with van der Waals surface area (Å²) in [6, 6.07) is 4.43. The van der Waals surface area contributed by atoms with Crippen LogP contribution in [-0.2, 0) is 9.05 Å². The van der Waals surface area contributed by atoms with Crippen molar-refractivity contribution in [2.24, 2.45) is 0 Å². The van der Waals surface area contributed by atoms with Crippen molar-refractivity contribution < 1.29 is 8.42 Å². The van der Waals surface area contributed by atoms with Crippen LogP contribution >= 0.6 is 22.3 Å². The highest BCUT2D eigenvalue weighted by Gasteiger charge is 2.12. The first-order valence-corrected chi connectivity index (χ1v) is 5.81. The molecule has 0 aliphatic heterocycles. The molecule has 1 aromatic carbocycles. The molecule has 0 fully saturated rings. The predicted molar refractivity (Wildman–Crippen MR) is 49.2 cm³/mol. The highest BCUT2D eigenvalue weighted by atomic mass is 35.7. The number of aryl methyl sites for hydroxylation is 1. The monoisotopic (exact) mass is 224 g/mol. The Kier molecular flexibility index (Phi) is 2.66. The van der Waals surface area contributed by atoms with Gasteiger partial charge in [0.2, 0.25) is 0 Å². The molecule has 0 aliphatic carbocycles. The summed E-state index contributed by atoms with van der Waals surface area (Å²) in [5.41, 5.74) is 0.553. The highest BCUT2D eigenvalue weighted by molar-refractivity contribution is 8.13. The minimum atomic E-state index is -3.64. The Hall–Kier alpha value is -0.250. The smallest absolute Gasteiger partial charge is 0.207 e. The minimum absolute atomic E-state index is 0.105. The number of hydrogen-bond donors (Lipinski definition) is 0. The van der Waals surface area contributed by atoms with Gasteiger partial charge in [0.05, 0.1) is 4.90 Å². The molecular formula is C7H6Cl2O2S. The molecule has 0 heterocycles. The van der Waals surface area contributed by atoms with Gasteiger partial charge in [0.15, 0.2) is 0 Å². The first-order valence-electron chi connectivity index (χ1n) is 3.12. The molecule has 0 saturated carbocycles.